The summed E-state index contributed by atoms with van der Waals surface area (Å²) in [6, 6.07) is 8.48. The fourth-order valence-electron chi connectivity index (χ4n) is 1.94. The molecule has 1 atom stereocenters. The van der Waals surface area contributed by atoms with Crippen LogP contribution in [0.1, 0.15) is 25.6 Å². The van der Waals surface area contributed by atoms with Crippen molar-refractivity contribution in [2.24, 2.45) is 5.41 Å². The molecule has 21 heavy (non-hydrogen) atoms. The molecule has 5 heteroatoms. The van der Waals surface area contributed by atoms with E-state index in [1.807, 2.05) is 0 Å². The van der Waals surface area contributed by atoms with E-state index < -0.39 is 5.60 Å². The van der Waals surface area contributed by atoms with Gasteiger partial charge in [-0.3, -0.25) is 4.98 Å². The third kappa shape index (κ3) is 3.83. The second kappa shape index (κ2) is 6.73. The molecule has 0 saturated carbocycles. The zero-order valence-corrected chi connectivity index (χ0v) is 15.2. The topological polar surface area (TPSA) is 33.1 Å². The SMILES string of the molecule is CSc1ccc(SCC(O)(c2cncs2)C(C)(C)C)cc1. The standard InChI is InChI=1S/C16H21NOS3/c1-15(2,3)16(18,14-9-17-11-21-14)10-20-13-7-5-12(19-4)6-8-13/h5-9,11,18H,10H2,1-4H3. The lowest BCUT2D eigenvalue weighted by Crippen LogP contribution is -2.41. The van der Waals surface area contributed by atoms with Crippen molar-refractivity contribution in [2.45, 2.75) is 36.2 Å². The first-order chi connectivity index (χ1) is 9.87. The summed E-state index contributed by atoms with van der Waals surface area (Å²) in [4.78, 5) is 7.50. The molecule has 0 radical (unpaired) electrons. The Bertz CT molecular complexity index is 560. The molecule has 1 unspecified atom stereocenters. The molecule has 1 N–H and O–H groups in total. The minimum atomic E-state index is -0.878. The molecule has 114 valence electrons. The largest absolute Gasteiger partial charge is 0.383 e. The molecule has 0 aliphatic carbocycles. The molecular weight excluding hydrogens is 318 g/mol. The number of aliphatic hydroxyl groups is 1. The Kier molecular flexibility index (Phi) is 5.41. The van der Waals surface area contributed by atoms with Crippen molar-refractivity contribution in [3.63, 3.8) is 0 Å². The molecule has 0 spiro atoms. The van der Waals surface area contributed by atoms with E-state index in [-0.39, 0.29) is 5.41 Å². The van der Waals surface area contributed by atoms with E-state index in [0.717, 1.165) is 4.88 Å². The van der Waals surface area contributed by atoms with Crippen LogP contribution in [0.15, 0.2) is 45.8 Å². The molecule has 0 aliphatic rings. The van der Waals surface area contributed by atoms with Crippen molar-refractivity contribution in [1.29, 1.82) is 0 Å². The Hall–Kier alpha value is -0.490. The summed E-state index contributed by atoms with van der Waals surface area (Å²) in [5.41, 5.74) is 0.659. The number of hydrogen-bond donors (Lipinski definition) is 1. The summed E-state index contributed by atoms with van der Waals surface area (Å²) in [6.07, 6.45) is 3.86. The highest BCUT2D eigenvalue weighted by atomic mass is 32.2. The van der Waals surface area contributed by atoms with Gasteiger partial charge in [-0.2, -0.15) is 0 Å². The van der Waals surface area contributed by atoms with Gasteiger partial charge in [0.25, 0.3) is 0 Å². The maximum atomic E-state index is 11.2. The number of thiazole rings is 1. The van der Waals surface area contributed by atoms with E-state index in [1.54, 1.807) is 35.2 Å². The summed E-state index contributed by atoms with van der Waals surface area (Å²) in [5.74, 6) is 0.622. The number of rotatable bonds is 5. The second-order valence-electron chi connectivity index (χ2n) is 5.94. The molecule has 2 nitrogen and oxygen atoms in total. The maximum Gasteiger partial charge on any atom is 0.114 e. The normalized spacial score (nSPS) is 14.9. The van der Waals surface area contributed by atoms with Gasteiger partial charge in [0.05, 0.1) is 10.4 Å². The van der Waals surface area contributed by atoms with Crippen molar-refractivity contribution in [1.82, 2.24) is 4.98 Å². The predicted octanol–water partition coefficient (Wildman–Crippen LogP) is 4.89. The fraction of sp³-hybridized carbons (Fsp3) is 0.438. The van der Waals surface area contributed by atoms with E-state index in [1.165, 1.54) is 21.1 Å². The van der Waals surface area contributed by atoms with Gasteiger partial charge < -0.3 is 5.11 Å². The summed E-state index contributed by atoms with van der Waals surface area (Å²) < 4.78 is 0. The van der Waals surface area contributed by atoms with Crippen molar-refractivity contribution < 1.29 is 5.11 Å². The van der Waals surface area contributed by atoms with Gasteiger partial charge in [0.15, 0.2) is 0 Å². The van der Waals surface area contributed by atoms with Crippen LogP contribution in [0.4, 0.5) is 0 Å². The first-order valence-electron chi connectivity index (χ1n) is 6.75. The molecule has 0 aliphatic heterocycles. The van der Waals surface area contributed by atoms with E-state index in [2.05, 4.69) is 56.3 Å². The quantitative estimate of drug-likeness (QED) is 0.786. The molecular formula is C16H21NOS3. The van der Waals surface area contributed by atoms with Gasteiger partial charge in [-0.05, 0) is 35.9 Å². The number of benzene rings is 1. The number of thioether (sulfide) groups is 2. The Morgan fingerprint density at radius 1 is 1.14 bits per heavy atom. The van der Waals surface area contributed by atoms with Gasteiger partial charge in [-0.25, -0.2) is 0 Å². The van der Waals surface area contributed by atoms with Crippen LogP contribution >= 0.6 is 34.9 Å². The third-order valence-electron chi connectivity index (χ3n) is 3.59. The average Bonchev–Trinajstić information content (AvgIpc) is 2.98. The zero-order valence-electron chi connectivity index (χ0n) is 12.8. The molecule has 1 heterocycles. The zero-order chi connectivity index (χ0) is 15.5. The highest BCUT2D eigenvalue weighted by Gasteiger charge is 2.42. The van der Waals surface area contributed by atoms with Crippen LogP contribution in [-0.2, 0) is 5.60 Å². The van der Waals surface area contributed by atoms with E-state index in [9.17, 15) is 5.11 Å². The van der Waals surface area contributed by atoms with Gasteiger partial charge in [-0.1, -0.05) is 20.8 Å². The predicted molar refractivity (Wildman–Crippen MR) is 94.4 cm³/mol. The van der Waals surface area contributed by atoms with Crippen LogP contribution in [-0.4, -0.2) is 22.1 Å². The summed E-state index contributed by atoms with van der Waals surface area (Å²) >= 11 is 4.95. The minimum absolute atomic E-state index is 0.244. The lowest BCUT2D eigenvalue weighted by Gasteiger charge is -2.39. The first-order valence-corrected chi connectivity index (χ1v) is 9.84. The van der Waals surface area contributed by atoms with Crippen LogP contribution < -0.4 is 0 Å². The Morgan fingerprint density at radius 2 is 1.76 bits per heavy atom. The lowest BCUT2D eigenvalue weighted by molar-refractivity contribution is -0.0392. The third-order valence-corrected chi connectivity index (χ3v) is 6.42. The Labute approximate surface area is 139 Å². The highest BCUT2D eigenvalue weighted by molar-refractivity contribution is 7.99. The van der Waals surface area contributed by atoms with Crippen molar-refractivity contribution in [2.75, 3.05) is 12.0 Å². The maximum absolute atomic E-state index is 11.2. The molecule has 2 rings (SSSR count). The number of nitrogens with zero attached hydrogens (tertiary/aromatic N) is 1. The minimum Gasteiger partial charge on any atom is -0.383 e. The van der Waals surface area contributed by atoms with Crippen LogP contribution in [0, 0.1) is 5.41 Å². The van der Waals surface area contributed by atoms with Gasteiger partial charge in [0, 0.05) is 21.7 Å². The van der Waals surface area contributed by atoms with E-state index in [4.69, 9.17) is 0 Å². The van der Waals surface area contributed by atoms with Crippen molar-refractivity contribution in [3.8, 4) is 0 Å². The highest BCUT2D eigenvalue weighted by Crippen LogP contribution is 2.44. The van der Waals surface area contributed by atoms with Gasteiger partial charge >= 0.3 is 0 Å². The fourth-order valence-corrected chi connectivity index (χ4v) is 4.66. The monoisotopic (exact) mass is 339 g/mol. The Balaban J connectivity index is 2.16. The lowest BCUT2D eigenvalue weighted by atomic mass is 9.77. The van der Waals surface area contributed by atoms with Crippen LogP contribution in [0.2, 0.25) is 0 Å². The average molecular weight is 340 g/mol. The Morgan fingerprint density at radius 3 is 2.24 bits per heavy atom. The van der Waals surface area contributed by atoms with Crippen LogP contribution in [0.3, 0.4) is 0 Å². The van der Waals surface area contributed by atoms with Gasteiger partial charge in [0.1, 0.15) is 5.60 Å². The van der Waals surface area contributed by atoms with Crippen LogP contribution in [0.5, 0.6) is 0 Å². The summed E-state index contributed by atoms with van der Waals surface area (Å²) in [5, 5.41) is 11.2. The molecule has 0 bridgehead atoms. The first kappa shape index (κ1) is 16.9. The van der Waals surface area contributed by atoms with Crippen LogP contribution in [0.25, 0.3) is 0 Å². The number of hydrogen-bond acceptors (Lipinski definition) is 5. The molecule has 1 aromatic heterocycles. The molecule has 0 amide bonds. The molecule has 1 aromatic carbocycles. The number of aromatic nitrogens is 1. The smallest absolute Gasteiger partial charge is 0.114 e. The second-order valence-corrected chi connectivity index (χ2v) is 8.75. The summed E-state index contributed by atoms with van der Waals surface area (Å²) in [6.45, 7) is 6.22. The molecule has 2 aromatic rings. The summed E-state index contributed by atoms with van der Waals surface area (Å²) in [7, 11) is 0. The van der Waals surface area contributed by atoms with E-state index >= 15 is 0 Å². The van der Waals surface area contributed by atoms with Crippen molar-refractivity contribution in [3.05, 3.63) is 40.8 Å². The molecule has 0 saturated heterocycles. The van der Waals surface area contributed by atoms with Gasteiger partial charge in [0.2, 0.25) is 0 Å². The van der Waals surface area contributed by atoms with Gasteiger partial charge in [-0.15, -0.1) is 34.9 Å². The van der Waals surface area contributed by atoms with Crippen molar-refractivity contribution >= 4 is 34.9 Å². The van der Waals surface area contributed by atoms with E-state index in [0.29, 0.717) is 5.75 Å². The molecule has 0 fully saturated rings.